The van der Waals surface area contributed by atoms with Crippen molar-refractivity contribution in [3.05, 3.63) is 74.2 Å². The monoisotopic (exact) mass is 417 g/mol. The van der Waals surface area contributed by atoms with Crippen molar-refractivity contribution in [3.8, 4) is 5.75 Å². The second-order valence-corrected chi connectivity index (χ2v) is 7.90. The first-order valence-electron chi connectivity index (χ1n) is 8.74. The molecule has 0 fully saturated rings. The number of phenolic OH excluding ortho intramolecular Hbond substituents is 1. The van der Waals surface area contributed by atoms with Crippen molar-refractivity contribution in [1.82, 2.24) is 4.57 Å². The minimum atomic E-state index is -0.792. The van der Waals surface area contributed by atoms with Crippen LogP contribution in [0.3, 0.4) is 0 Å². The summed E-state index contributed by atoms with van der Waals surface area (Å²) in [6, 6.07) is 10.0. The molecule has 0 radical (unpaired) electrons. The summed E-state index contributed by atoms with van der Waals surface area (Å²) in [5.41, 5.74) is 2.30. The highest BCUT2D eigenvalue weighted by atomic mass is 35.5. The van der Waals surface area contributed by atoms with Gasteiger partial charge in [-0.15, -0.1) is 11.3 Å². The molecule has 3 aromatic rings. The van der Waals surface area contributed by atoms with Crippen LogP contribution in [0.1, 0.15) is 37.0 Å². The first-order valence-corrected chi connectivity index (χ1v) is 10.0. The molecule has 1 aromatic carbocycles. The number of halogens is 1. The van der Waals surface area contributed by atoms with E-state index in [0.29, 0.717) is 10.6 Å². The van der Waals surface area contributed by atoms with Crippen LogP contribution >= 0.6 is 22.9 Å². The zero-order valence-corrected chi connectivity index (χ0v) is 17.1. The lowest BCUT2D eigenvalue weighted by Gasteiger charge is -2.09. The number of hydrogen-bond acceptors (Lipinski definition) is 5. The SMILES string of the molecule is Cc1cc(C(=O)COC(=O)c2cc(Cl)ccc2O)c(C)n1CCc1cccs1. The number of aromatic nitrogens is 1. The van der Waals surface area contributed by atoms with Crippen molar-refractivity contribution < 1.29 is 19.4 Å². The predicted molar refractivity (Wildman–Crippen MR) is 110 cm³/mol. The Bertz CT molecular complexity index is 1010. The number of carbonyl (C=O) groups excluding carboxylic acids is 2. The Kier molecular flexibility index (Phi) is 6.21. The summed E-state index contributed by atoms with van der Waals surface area (Å²) >= 11 is 7.55. The molecule has 146 valence electrons. The van der Waals surface area contributed by atoms with E-state index in [1.807, 2.05) is 31.4 Å². The number of rotatable bonds is 7. The number of phenols is 1. The third-order valence-corrected chi connectivity index (χ3v) is 5.72. The second kappa shape index (κ2) is 8.63. The minimum Gasteiger partial charge on any atom is -0.507 e. The van der Waals surface area contributed by atoms with Gasteiger partial charge in [0.05, 0.1) is 0 Å². The number of hydrogen-bond donors (Lipinski definition) is 1. The first kappa shape index (κ1) is 20.2. The number of ether oxygens (including phenoxy) is 1. The predicted octanol–water partition coefficient (Wildman–Crippen LogP) is 4.81. The Morgan fingerprint density at radius 3 is 2.68 bits per heavy atom. The molecule has 5 nitrogen and oxygen atoms in total. The van der Waals surface area contributed by atoms with Gasteiger partial charge in [0.15, 0.2) is 6.61 Å². The summed E-state index contributed by atoms with van der Waals surface area (Å²) in [5.74, 6) is -1.32. The average Bonchev–Trinajstić information content (AvgIpc) is 3.28. The maximum Gasteiger partial charge on any atom is 0.342 e. The first-order chi connectivity index (χ1) is 13.4. The van der Waals surface area contributed by atoms with Gasteiger partial charge in [-0.3, -0.25) is 4.79 Å². The molecular formula is C21H20ClNO4S. The van der Waals surface area contributed by atoms with Crippen LogP contribution in [0.15, 0.2) is 41.8 Å². The molecule has 0 bridgehead atoms. The molecule has 0 atom stereocenters. The van der Waals surface area contributed by atoms with Crippen LogP contribution in [0.25, 0.3) is 0 Å². The molecule has 0 aliphatic heterocycles. The summed E-state index contributed by atoms with van der Waals surface area (Å²) in [4.78, 5) is 26.0. The Morgan fingerprint density at radius 1 is 1.18 bits per heavy atom. The fourth-order valence-electron chi connectivity index (χ4n) is 3.06. The fourth-order valence-corrected chi connectivity index (χ4v) is 3.93. The highest BCUT2D eigenvalue weighted by Crippen LogP contribution is 2.23. The van der Waals surface area contributed by atoms with Gasteiger partial charge in [-0.05, 0) is 56.0 Å². The van der Waals surface area contributed by atoms with E-state index in [9.17, 15) is 14.7 Å². The topological polar surface area (TPSA) is 68.5 Å². The number of Topliss-reactive ketones (excluding diaryl/α,β-unsaturated/α-hetero) is 1. The standard InChI is InChI=1S/C21H20ClNO4S/c1-13-10-17(14(2)23(13)8-7-16-4-3-9-28-16)20(25)12-27-21(26)18-11-15(22)5-6-19(18)24/h3-6,9-11,24H,7-8,12H2,1-2H3. The van der Waals surface area contributed by atoms with Crippen LogP contribution in [0, 0.1) is 13.8 Å². The third-order valence-electron chi connectivity index (χ3n) is 4.55. The van der Waals surface area contributed by atoms with Gasteiger partial charge in [0.25, 0.3) is 0 Å². The number of thiophene rings is 1. The van der Waals surface area contributed by atoms with Crippen molar-refractivity contribution >= 4 is 34.7 Å². The van der Waals surface area contributed by atoms with Crippen LogP contribution in [0.2, 0.25) is 5.02 Å². The summed E-state index contributed by atoms with van der Waals surface area (Å²) in [6.07, 6.45) is 0.894. The Hall–Kier alpha value is -2.57. The van der Waals surface area contributed by atoms with Gasteiger partial charge in [0, 0.05) is 33.4 Å². The van der Waals surface area contributed by atoms with Crippen LogP contribution in [-0.4, -0.2) is 28.0 Å². The van der Waals surface area contributed by atoms with Crippen molar-refractivity contribution in [2.75, 3.05) is 6.61 Å². The summed E-state index contributed by atoms with van der Waals surface area (Å²) in [6.45, 7) is 4.22. The summed E-state index contributed by atoms with van der Waals surface area (Å²) in [5, 5.41) is 12.1. The number of benzene rings is 1. The van der Waals surface area contributed by atoms with Crippen molar-refractivity contribution in [2.45, 2.75) is 26.8 Å². The van der Waals surface area contributed by atoms with Gasteiger partial charge in [-0.2, -0.15) is 0 Å². The van der Waals surface area contributed by atoms with Crippen LogP contribution in [0.5, 0.6) is 5.75 Å². The molecule has 7 heteroatoms. The van der Waals surface area contributed by atoms with Crippen molar-refractivity contribution in [3.63, 3.8) is 0 Å². The number of carbonyl (C=O) groups is 2. The minimum absolute atomic E-state index is 0.0679. The largest absolute Gasteiger partial charge is 0.507 e. The van der Waals surface area contributed by atoms with Crippen molar-refractivity contribution in [1.29, 1.82) is 0 Å². The van der Waals surface area contributed by atoms with E-state index < -0.39 is 12.6 Å². The van der Waals surface area contributed by atoms with E-state index in [0.717, 1.165) is 24.4 Å². The van der Waals surface area contributed by atoms with Crippen LogP contribution in [0.4, 0.5) is 0 Å². The molecule has 0 saturated carbocycles. The number of aromatic hydroxyl groups is 1. The number of esters is 1. The van der Waals surface area contributed by atoms with E-state index in [-0.39, 0.29) is 17.1 Å². The van der Waals surface area contributed by atoms with E-state index in [1.165, 1.54) is 23.1 Å². The zero-order valence-electron chi connectivity index (χ0n) is 15.6. The Morgan fingerprint density at radius 2 is 1.96 bits per heavy atom. The number of nitrogens with zero attached hydrogens (tertiary/aromatic N) is 1. The van der Waals surface area contributed by atoms with Gasteiger partial charge in [-0.1, -0.05) is 17.7 Å². The Labute approximate surface area is 172 Å². The molecule has 0 aliphatic carbocycles. The van der Waals surface area contributed by atoms with E-state index in [1.54, 1.807) is 11.3 Å². The van der Waals surface area contributed by atoms with Gasteiger partial charge < -0.3 is 14.4 Å². The Balaban J connectivity index is 1.66. The molecular weight excluding hydrogens is 398 g/mol. The summed E-state index contributed by atoms with van der Waals surface area (Å²) < 4.78 is 7.18. The van der Waals surface area contributed by atoms with Gasteiger partial charge in [-0.25, -0.2) is 4.79 Å². The maximum absolute atomic E-state index is 12.6. The van der Waals surface area contributed by atoms with Gasteiger partial charge >= 0.3 is 5.97 Å². The molecule has 0 unspecified atom stereocenters. The smallest absolute Gasteiger partial charge is 0.342 e. The lowest BCUT2D eigenvalue weighted by molar-refractivity contribution is 0.0471. The third kappa shape index (κ3) is 4.46. The van der Waals surface area contributed by atoms with Crippen LogP contribution < -0.4 is 0 Å². The average molecular weight is 418 g/mol. The molecule has 2 aromatic heterocycles. The molecule has 2 heterocycles. The lowest BCUT2D eigenvalue weighted by Crippen LogP contribution is -2.15. The molecule has 28 heavy (non-hydrogen) atoms. The quantitative estimate of drug-likeness (QED) is 0.442. The lowest BCUT2D eigenvalue weighted by atomic mass is 10.1. The highest BCUT2D eigenvalue weighted by molar-refractivity contribution is 7.09. The van der Waals surface area contributed by atoms with E-state index >= 15 is 0 Å². The fraction of sp³-hybridized carbons (Fsp3) is 0.238. The molecule has 1 N–H and O–H groups in total. The van der Waals surface area contributed by atoms with Gasteiger partial charge in [0.1, 0.15) is 11.3 Å². The zero-order chi connectivity index (χ0) is 20.3. The maximum atomic E-state index is 12.6. The normalized spacial score (nSPS) is 10.8. The van der Waals surface area contributed by atoms with E-state index in [2.05, 4.69) is 10.6 Å². The molecule has 0 saturated heterocycles. The molecule has 3 rings (SSSR count). The molecule has 0 amide bonds. The number of ketones is 1. The van der Waals surface area contributed by atoms with Crippen molar-refractivity contribution in [2.24, 2.45) is 0 Å². The molecule has 0 spiro atoms. The second-order valence-electron chi connectivity index (χ2n) is 6.43. The highest BCUT2D eigenvalue weighted by Gasteiger charge is 2.19. The summed E-state index contributed by atoms with van der Waals surface area (Å²) in [7, 11) is 0. The number of aryl methyl sites for hydroxylation is 2. The van der Waals surface area contributed by atoms with Crippen LogP contribution in [-0.2, 0) is 17.7 Å². The molecule has 0 aliphatic rings. The van der Waals surface area contributed by atoms with Gasteiger partial charge in [0.2, 0.25) is 5.78 Å². The van der Waals surface area contributed by atoms with E-state index in [4.69, 9.17) is 16.3 Å².